The van der Waals surface area contributed by atoms with Crippen molar-refractivity contribution < 1.29 is 0 Å². The van der Waals surface area contributed by atoms with Gasteiger partial charge in [0.05, 0.1) is 5.69 Å². The number of hydrogen-bond donors (Lipinski definition) is 1. The quantitative estimate of drug-likeness (QED) is 0.407. The Hall–Kier alpha value is -2.58. The number of hydrogen-bond acceptors (Lipinski definition) is 0. The van der Waals surface area contributed by atoms with Crippen LogP contribution in [-0.2, 0) is 0 Å². The summed E-state index contributed by atoms with van der Waals surface area (Å²) < 4.78 is 1.09. The number of nitrogens with one attached hydrogen (secondary N) is 1. The van der Waals surface area contributed by atoms with Gasteiger partial charge in [-0.2, -0.15) is 0 Å². The third-order valence-corrected chi connectivity index (χ3v) is 4.65. The molecule has 0 aliphatic heterocycles. The van der Waals surface area contributed by atoms with Crippen LogP contribution < -0.4 is 0 Å². The van der Waals surface area contributed by atoms with Gasteiger partial charge < -0.3 is 4.98 Å². The van der Waals surface area contributed by atoms with Crippen molar-refractivity contribution in [2.24, 2.45) is 0 Å². The average molecular weight is 374 g/mol. The molecular weight excluding hydrogens is 358 g/mol. The third kappa shape index (κ3) is 2.93. The normalized spacial score (nSPS) is 10.7. The van der Waals surface area contributed by atoms with Crippen LogP contribution in [0.1, 0.15) is 0 Å². The molecule has 3 aromatic carbocycles. The summed E-state index contributed by atoms with van der Waals surface area (Å²) in [7, 11) is 0. The Morgan fingerprint density at radius 1 is 0.583 bits per heavy atom. The minimum atomic E-state index is 1.09. The minimum Gasteiger partial charge on any atom is -0.354 e. The highest BCUT2D eigenvalue weighted by atomic mass is 79.9. The number of aromatic amines is 1. The van der Waals surface area contributed by atoms with E-state index in [0.29, 0.717) is 0 Å². The summed E-state index contributed by atoms with van der Waals surface area (Å²) in [6, 6.07) is 31.6. The molecule has 0 unspecified atom stereocenters. The molecule has 0 atom stereocenters. The van der Waals surface area contributed by atoms with Gasteiger partial charge >= 0.3 is 0 Å². The van der Waals surface area contributed by atoms with Crippen LogP contribution in [0.15, 0.2) is 95.5 Å². The summed E-state index contributed by atoms with van der Waals surface area (Å²) in [5.41, 5.74) is 7.09. The lowest BCUT2D eigenvalue weighted by Gasteiger charge is -2.05. The molecule has 0 saturated heterocycles. The van der Waals surface area contributed by atoms with Crippen molar-refractivity contribution in [3.63, 3.8) is 0 Å². The molecule has 4 aromatic rings. The van der Waals surface area contributed by atoms with Crippen LogP contribution >= 0.6 is 15.9 Å². The first-order chi connectivity index (χ1) is 11.8. The lowest BCUT2D eigenvalue weighted by molar-refractivity contribution is 1.39. The second kappa shape index (κ2) is 6.50. The van der Waals surface area contributed by atoms with Gasteiger partial charge in [-0.3, -0.25) is 0 Å². The van der Waals surface area contributed by atoms with Crippen molar-refractivity contribution >= 4 is 15.9 Å². The van der Waals surface area contributed by atoms with Gasteiger partial charge in [-0.15, -0.1) is 0 Å². The second-order valence-electron chi connectivity index (χ2n) is 5.71. The molecule has 0 aliphatic carbocycles. The molecule has 0 aliphatic rings. The van der Waals surface area contributed by atoms with Gasteiger partial charge in [0.15, 0.2) is 0 Å². The van der Waals surface area contributed by atoms with Crippen LogP contribution in [0.3, 0.4) is 0 Å². The van der Waals surface area contributed by atoms with Gasteiger partial charge in [-0.1, -0.05) is 88.7 Å². The molecule has 1 N–H and O–H groups in total. The molecule has 24 heavy (non-hydrogen) atoms. The maximum absolute atomic E-state index is 3.62. The van der Waals surface area contributed by atoms with Crippen LogP contribution in [0, 0.1) is 0 Å². The van der Waals surface area contributed by atoms with E-state index in [2.05, 4.69) is 99.8 Å². The van der Waals surface area contributed by atoms with E-state index >= 15 is 0 Å². The Labute approximate surface area is 150 Å². The van der Waals surface area contributed by atoms with Crippen LogP contribution in [-0.4, -0.2) is 4.98 Å². The highest BCUT2D eigenvalue weighted by Gasteiger charge is 2.13. The fourth-order valence-electron chi connectivity index (χ4n) is 2.92. The van der Waals surface area contributed by atoms with Crippen molar-refractivity contribution in [2.75, 3.05) is 0 Å². The number of halogens is 1. The fraction of sp³-hybridized carbons (Fsp3) is 0. The Kier molecular flexibility index (Phi) is 4.06. The predicted octanol–water partition coefficient (Wildman–Crippen LogP) is 6.78. The van der Waals surface area contributed by atoms with Crippen LogP contribution in [0.25, 0.3) is 33.6 Å². The van der Waals surface area contributed by atoms with E-state index in [1.165, 1.54) is 22.3 Å². The molecule has 1 nitrogen and oxygen atoms in total. The van der Waals surface area contributed by atoms with Crippen molar-refractivity contribution in [1.29, 1.82) is 0 Å². The molecule has 116 valence electrons. The van der Waals surface area contributed by atoms with Crippen molar-refractivity contribution in [3.05, 3.63) is 95.5 Å². The predicted molar refractivity (Wildman–Crippen MR) is 105 cm³/mol. The zero-order valence-electron chi connectivity index (χ0n) is 13.0. The number of benzene rings is 3. The van der Waals surface area contributed by atoms with Gasteiger partial charge in [0.1, 0.15) is 0 Å². The Bertz CT molecular complexity index is 938. The molecule has 0 saturated carbocycles. The van der Waals surface area contributed by atoms with E-state index in [4.69, 9.17) is 0 Å². The van der Waals surface area contributed by atoms with Crippen molar-refractivity contribution in [2.45, 2.75) is 0 Å². The van der Waals surface area contributed by atoms with Gasteiger partial charge in [-0.05, 0) is 34.9 Å². The molecule has 2 heteroatoms. The maximum Gasteiger partial charge on any atom is 0.0538 e. The van der Waals surface area contributed by atoms with Gasteiger partial charge in [0.25, 0.3) is 0 Å². The minimum absolute atomic E-state index is 1.09. The van der Waals surface area contributed by atoms with Crippen LogP contribution in [0.2, 0.25) is 0 Å². The Morgan fingerprint density at radius 3 is 1.79 bits per heavy atom. The van der Waals surface area contributed by atoms with Crippen molar-refractivity contribution in [3.8, 4) is 33.6 Å². The highest BCUT2D eigenvalue weighted by molar-refractivity contribution is 9.10. The molecular formula is C22H16BrN. The van der Waals surface area contributed by atoms with E-state index in [1.54, 1.807) is 0 Å². The number of aromatic nitrogens is 1. The Balaban J connectivity index is 1.90. The Morgan fingerprint density at radius 2 is 1.17 bits per heavy atom. The first-order valence-electron chi connectivity index (χ1n) is 7.91. The molecule has 0 radical (unpaired) electrons. The zero-order valence-corrected chi connectivity index (χ0v) is 14.6. The zero-order chi connectivity index (χ0) is 16.4. The molecule has 1 heterocycles. The maximum atomic E-state index is 3.62. The van der Waals surface area contributed by atoms with E-state index in [9.17, 15) is 0 Å². The largest absolute Gasteiger partial charge is 0.354 e. The summed E-state index contributed by atoms with van der Waals surface area (Å²) in [4.78, 5) is 3.62. The topological polar surface area (TPSA) is 15.8 Å². The molecule has 1 aromatic heterocycles. The van der Waals surface area contributed by atoms with Gasteiger partial charge in [0, 0.05) is 15.7 Å². The number of rotatable bonds is 3. The third-order valence-electron chi connectivity index (χ3n) is 4.12. The molecule has 4 rings (SSSR count). The lowest BCUT2D eigenvalue weighted by atomic mass is 10.0. The molecule has 0 amide bonds. The highest BCUT2D eigenvalue weighted by Crippen LogP contribution is 2.36. The summed E-state index contributed by atoms with van der Waals surface area (Å²) in [5.74, 6) is 0. The van der Waals surface area contributed by atoms with E-state index in [1.807, 2.05) is 12.1 Å². The summed E-state index contributed by atoms with van der Waals surface area (Å²) in [6.07, 6.45) is 0. The molecule has 0 bridgehead atoms. The second-order valence-corrected chi connectivity index (χ2v) is 6.63. The van der Waals surface area contributed by atoms with Gasteiger partial charge in [0.2, 0.25) is 0 Å². The first kappa shape index (κ1) is 15.0. The van der Waals surface area contributed by atoms with E-state index < -0.39 is 0 Å². The van der Waals surface area contributed by atoms with Crippen LogP contribution in [0.4, 0.5) is 0 Å². The fourth-order valence-corrected chi connectivity index (χ4v) is 3.18. The molecule has 0 fully saturated rings. The lowest BCUT2D eigenvalue weighted by Crippen LogP contribution is -1.82. The first-order valence-corrected chi connectivity index (χ1v) is 8.70. The summed E-state index contributed by atoms with van der Waals surface area (Å²) >= 11 is 3.52. The van der Waals surface area contributed by atoms with Crippen LogP contribution in [0.5, 0.6) is 0 Å². The van der Waals surface area contributed by atoms with E-state index in [-0.39, 0.29) is 0 Å². The summed E-state index contributed by atoms with van der Waals surface area (Å²) in [5, 5.41) is 0. The van der Waals surface area contributed by atoms with Crippen molar-refractivity contribution in [1.82, 2.24) is 4.98 Å². The number of H-pyrrole nitrogens is 1. The smallest absolute Gasteiger partial charge is 0.0538 e. The van der Waals surface area contributed by atoms with Gasteiger partial charge in [-0.25, -0.2) is 0 Å². The SMILES string of the molecule is Brc1ccc(-c2cc(-c3ccccc3)[nH]c2-c2ccccc2)cc1. The van der Waals surface area contributed by atoms with E-state index in [0.717, 1.165) is 15.9 Å². The average Bonchev–Trinajstić information content (AvgIpc) is 3.09. The molecule has 0 spiro atoms. The standard InChI is InChI=1S/C22H16BrN/c23-19-13-11-16(12-14-19)20-15-21(17-7-3-1-4-8-17)24-22(20)18-9-5-2-6-10-18/h1-15,24H. The monoisotopic (exact) mass is 373 g/mol. The summed E-state index contributed by atoms with van der Waals surface area (Å²) in [6.45, 7) is 0.